The van der Waals surface area contributed by atoms with Crippen LogP contribution in [0.4, 0.5) is 45.5 Å². The van der Waals surface area contributed by atoms with Gasteiger partial charge in [0.2, 0.25) is 0 Å². The van der Waals surface area contributed by atoms with E-state index in [0.717, 1.165) is 30.3 Å². The fourth-order valence-corrected chi connectivity index (χ4v) is 11.0. The molecule has 0 spiro atoms. The Morgan fingerprint density at radius 2 is 0.958 bits per heavy atom. The lowest BCUT2D eigenvalue weighted by Crippen LogP contribution is -2.16. The molecular weight excluding hydrogens is 1120 g/mol. The third kappa shape index (κ3) is 17.4. The van der Waals surface area contributed by atoms with Crippen molar-refractivity contribution >= 4 is 130 Å². The van der Waals surface area contributed by atoms with Gasteiger partial charge in [0, 0.05) is 7.05 Å². The average molecular weight is 1160 g/mol. The normalized spacial score (nSPS) is 13.2. The minimum Gasteiger partial charge on any atom is -0.395 e. The van der Waals surface area contributed by atoms with Gasteiger partial charge in [-0.05, 0) is 66.7 Å². The largest absolute Gasteiger partial charge is 0.397 e. The molecule has 4 aromatic carbocycles. The Bertz CT molecular complexity index is 3350. The van der Waals surface area contributed by atoms with Crippen LogP contribution in [0.1, 0.15) is 0 Å². The molecule has 390 valence electrons. The zero-order valence-corrected chi connectivity index (χ0v) is 41.6. The molecule has 8 N–H and O–H groups in total. The first kappa shape index (κ1) is 58.8. The standard InChI is InChI=1S/C31H34N8O24S8/c1-33-30-26(38-34-19-2-4-20(5-3-19)66(42,43)13-10-57-64-62-60-40)18-25(37-35-23-8-6-21(16-27(23)69(48,49)50)67(44,45)14-11-58-65-63-61-41)29(32)31(30)39-36-24-9-7-22(17-28(24)70(51,52)53)68(46,47)15-12-59-71(54,55)56/h2-9,16-18,33,40-41H,10-15,32H2,1H3,(H,48,49,50)(H,51,52,53)(H,54,55,56)/b37-35+,38-34+,39-36+. The van der Waals surface area contributed by atoms with E-state index in [9.17, 15) is 59.6 Å². The van der Waals surface area contributed by atoms with E-state index in [1.807, 2.05) is 0 Å². The Balaban J connectivity index is 1.86. The van der Waals surface area contributed by atoms with Crippen LogP contribution in [0.3, 0.4) is 0 Å². The van der Waals surface area contributed by atoms with Crippen LogP contribution in [0.5, 0.6) is 0 Å². The van der Waals surface area contributed by atoms with E-state index in [-0.39, 0.29) is 53.2 Å². The predicted molar refractivity (Wildman–Crippen MR) is 242 cm³/mol. The topological polar surface area (TPSA) is 483 Å². The Labute approximate surface area is 411 Å². The van der Waals surface area contributed by atoms with Gasteiger partial charge in [-0.2, -0.15) is 30.4 Å². The zero-order valence-electron chi connectivity index (χ0n) is 35.1. The van der Waals surface area contributed by atoms with Gasteiger partial charge < -0.3 is 11.1 Å². The lowest BCUT2D eigenvalue weighted by Gasteiger charge is -2.13. The molecule has 4 aromatic rings. The first-order valence-corrected chi connectivity index (χ1v) is 28.7. The zero-order chi connectivity index (χ0) is 52.8. The van der Waals surface area contributed by atoms with Crippen molar-refractivity contribution in [3.63, 3.8) is 0 Å². The minimum absolute atomic E-state index is 0.0255. The molecule has 0 aliphatic rings. The van der Waals surface area contributed by atoms with Crippen LogP contribution in [0, 0.1) is 0 Å². The Morgan fingerprint density at radius 3 is 1.41 bits per heavy atom. The van der Waals surface area contributed by atoms with Gasteiger partial charge in [0.05, 0.1) is 68.8 Å². The monoisotopic (exact) mass is 1160 g/mol. The number of benzene rings is 4. The lowest BCUT2D eigenvalue weighted by molar-refractivity contribution is -0.434. The van der Waals surface area contributed by atoms with Gasteiger partial charge in [-0.3, -0.25) is 22.0 Å². The summed E-state index contributed by atoms with van der Waals surface area (Å²) >= 11 is 0.238. The number of nitrogens with one attached hydrogen (secondary N) is 1. The van der Waals surface area contributed by atoms with E-state index in [4.69, 9.17) is 29.2 Å². The summed E-state index contributed by atoms with van der Waals surface area (Å²) in [6, 6.07) is 10.2. The number of azo groups is 3. The fourth-order valence-electron chi connectivity index (χ4n) is 5.19. The molecule has 0 unspecified atom stereocenters. The van der Waals surface area contributed by atoms with Crippen molar-refractivity contribution in [1.82, 2.24) is 0 Å². The van der Waals surface area contributed by atoms with E-state index in [1.165, 1.54) is 31.3 Å². The van der Waals surface area contributed by atoms with Crippen molar-refractivity contribution in [1.29, 1.82) is 0 Å². The molecule has 4 rings (SSSR count). The summed E-state index contributed by atoms with van der Waals surface area (Å²) in [6.07, 6.45) is 0. The van der Waals surface area contributed by atoms with Crippen LogP contribution in [-0.4, -0.2) is 119 Å². The van der Waals surface area contributed by atoms with E-state index in [1.54, 1.807) is 0 Å². The van der Waals surface area contributed by atoms with Crippen LogP contribution < -0.4 is 11.1 Å². The van der Waals surface area contributed by atoms with Gasteiger partial charge in [-0.15, -0.1) is 34.2 Å². The number of nitrogen functional groups attached to an aromatic ring is 1. The Hall–Kier alpha value is -4.80. The van der Waals surface area contributed by atoms with Crippen molar-refractivity contribution in [2.45, 2.75) is 24.5 Å². The van der Waals surface area contributed by atoms with E-state index >= 15 is 0 Å². The van der Waals surface area contributed by atoms with E-state index in [2.05, 4.69) is 58.9 Å². The maximum Gasteiger partial charge on any atom is 0.397 e. The van der Waals surface area contributed by atoms with E-state index < -0.39 is 139 Å². The molecule has 0 fully saturated rings. The molecule has 40 heteroatoms. The SMILES string of the molecule is CNc1c(/N=N/c2ccc(S(=O)(=O)CCOSOOO)cc2)cc(/N=N/c2ccc(S(=O)(=O)CCOSOOO)cc2S(=O)(=O)O)c(N)c1/N=N/c1ccc(S(=O)(=O)CCOS(=O)(=O)O)cc1S(=O)(=O)O. The molecule has 0 heterocycles. The molecular formula is C31H34N8O24S8. The number of nitrogens with zero attached hydrogens (tertiary/aromatic N) is 6. The summed E-state index contributed by atoms with van der Waals surface area (Å²) in [5.74, 6) is -2.40. The van der Waals surface area contributed by atoms with Crippen LogP contribution in [0.15, 0.2) is 122 Å². The predicted octanol–water partition coefficient (Wildman–Crippen LogP) is 5.19. The molecule has 32 nitrogen and oxygen atoms in total. The van der Waals surface area contributed by atoms with Gasteiger partial charge in [-0.1, -0.05) is 10.1 Å². The van der Waals surface area contributed by atoms with Crippen LogP contribution in [0.25, 0.3) is 0 Å². The summed E-state index contributed by atoms with van der Waals surface area (Å²) < 4.78 is 199. The van der Waals surface area contributed by atoms with Crippen LogP contribution in [-0.2, 0) is 91.4 Å². The molecule has 0 aromatic heterocycles. The summed E-state index contributed by atoms with van der Waals surface area (Å²) in [5.41, 5.74) is 3.22. The molecule has 0 saturated heterocycles. The summed E-state index contributed by atoms with van der Waals surface area (Å²) in [5, 5.41) is 49.4. The second-order valence-electron chi connectivity index (χ2n) is 12.9. The highest BCUT2D eigenvalue weighted by atomic mass is 32.3. The number of hydrogen-bond acceptors (Lipinski definition) is 31. The maximum atomic E-state index is 12.9. The molecule has 0 radical (unpaired) electrons. The second kappa shape index (κ2) is 25.2. The summed E-state index contributed by atoms with van der Waals surface area (Å²) in [7, 11) is -27.2. The number of nitrogens with two attached hydrogens (primary N) is 1. The van der Waals surface area contributed by atoms with Crippen LogP contribution in [0.2, 0.25) is 0 Å². The second-order valence-corrected chi connectivity index (χ2v) is 24.1. The smallest absolute Gasteiger partial charge is 0.395 e. The highest BCUT2D eigenvalue weighted by Gasteiger charge is 2.26. The van der Waals surface area contributed by atoms with Gasteiger partial charge in [-0.25, -0.2) is 40.0 Å². The molecule has 0 aliphatic heterocycles. The molecule has 0 amide bonds. The highest BCUT2D eigenvalue weighted by molar-refractivity contribution is 7.92. The van der Waals surface area contributed by atoms with Gasteiger partial charge in [0.1, 0.15) is 38.2 Å². The number of sulfone groups is 3. The van der Waals surface area contributed by atoms with Crippen molar-refractivity contribution < 1.29 is 106 Å². The minimum atomic E-state index is -5.34. The number of rotatable bonds is 28. The van der Waals surface area contributed by atoms with Crippen molar-refractivity contribution in [2.24, 2.45) is 30.7 Å². The highest BCUT2D eigenvalue weighted by Crippen LogP contribution is 2.47. The first-order valence-electron chi connectivity index (χ1n) is 18.2. The molecule has 0 saturated carbocycles. The quantitative estimate of drug-likeness (QED) is 0.00731. The maximum absolute atomic E-state index is 12.9. The number of anilines is 2. The Morgan fingerprint density at radius 1 is 0.535 bits per heavy atom. The molecule has 0 bridgehead atoms. The molecule has 71 heavy (non-hydrogen) atoms. The van der Waals surface area contributed by atoms with Crippen LogP contribution >= 0.6 is 24.6 Å². The summed E-state index contributed by atoms with van der Waals surface area (Å²) in [6.45, 7) is -2.04. The van der Waals surface area contributed by atoms with E-state index in [0.29, 0.717) is 12.1 Å². The number of hydrogen-bond donors (Lipinski definition) is 7. The molecule has 0 aliphatic carbocycles. The first-order chi connectivity index (χ1) is 33.1. The third-order valence-electron chi connectivity index (χ3n) is 8.34. The third-order valence-corrected chi connectivity index (χ3v) is 16.4. The molecule has 0 atom stereocenters. The Kier molecular flexibility index (Phi) is 20.9. The van der Waals surface area contributed by atoms with Gasteiger partial charge in [0.25, 0.3) is 20.2 Å². The van der Waals surface area contributed by atoms with Crippen molar-refractivity contribution in [3.8, 4) is 0 Å². The summed E-state index contributed by atoms with van der Waals surface area (Å²) in [4.78, 5) is -3.83. The van der Waals surface area contributed by atoms with Gasteiger partial charge >= 0.3 is 10.4 Å². The van der Waals surface area contributed by atoms with Gasteiger partial charge in [0.15, 0.2) is 54.2 Å². The van der Waals surface area contributed by atoms with Crippen molar-refractivity contribution in [2.75, 3.05) is 55.2 Å². The lowest BCUT2D eigenvalue weighted by atomic mass is 10.1. The van der Waals surface area contributed by atoms with Crippen molar-refractivity contribution in [3.05, 3.63) is 66.7 Å². The average Bonchev–Trinajstić information content (AvgIpc) is 3.28. The fraction of sp³-hybridized carbons (Fsp3) is 0.226.